The first kappa shape index (κ1) is 14.2. The van der Waals surface area contributed by atoms with Gasteiger partial charge in [0.1, 0.15) is 0 Å². The SMILES string of the molecule is CCC(=O)O.Cc1cc(=O)[nH]c(N2CCCC2)n1. The number of anilines is 1. The number of carboxylic acid groups (broad SMARTS) is 1. The standard InChI is InChI=1S/C9H13N3O.C3H6O2/c1-7-6-8(13)11-9(10-7)12-4-2-3-5-12;1-2-3(4)5/h6H,2-5H2,1H3,(H,10,11,13);2H2,1H3,(H,4,5). The summed E-state index contributed by atoms with van der Waals surface area (Å²) in [5, 5.41) is 7.72. The Morgan fingerprint density at radius 1 is 1.50 bits per heavy atom. The summed E-state index contributed by atoms with van der Waals surface area (Å²) in [5.74, 6) is -0.0208. The van der Waals surface area contributed by atoms with Gasteiger partial charge in [-0.05, 0) is 19.8 Å². The van der Waals surface area contributed by atoms with Gasteiger partial charge >= 0.3 is 5.97 Å². The van der Waals surface area contributed by atoms with Crippen molar-refractivity contribution in [3.05, 3.63) is 22.1 Å². The summed E-state index contributed by atoms with van der Waals surface area (Å²) in [6.07, 6.45) is 2.61. The van der Waals surface area contributed by atoms with E-state index in [9.17, 15) is 9.59 Å². The van der Waals surface area contributed by atoms with Crippen molar-refractivity contribution in [2.75, 3.05) is 18.0 Å². The fourth-order valence-electron chi connectivity index (χ4n) is 1.64. The number of hydrogen-bond acceptors (Lipinski definition) is 4. The van der Waals surface area contributed by atoms with Gasteiger partial charge in [-0.15, -0.1) is 0 Å². The number of aromatic nitrogens is 2. The van der Waals surface area contributed by atoms with Crippen molar-refractivity contribution >= 4 is 11.9 Å². The van der Waals surface area contributed by atoms with Gasteiger partial charge in [0.15, 0.2) is 0 Å². The van der Waals surface area contributed by atoms with Crippen LogP contribution in [0.3, 0.4) is 0 Å². The number of aliphatic carboxylic acids is 1. The molecule has 0 unspecified atom stereocenters. The molecule has 0 aliphatic carbocycles. The van der Waals surface area contributed by atoms with Gasteiger partial charge in [0.25, 0.3) is 5.56 Å². The molecule has 0 saturated carbocycles. The molecular weight excluding hydrogens is 234 g/mol. The smallest absolute Gasteiger partial charge is 0.303 e. The number of nitrogens with one attached hydrogen (secondary N) is 1. The number of aromatic amines is 1. The molecule has 1 aliphatic rings. The normalized spacial score (nSPS) is 14.0. The van der Waals surface area contributed by atoms with Crippen molar-refractivity contribution in [2.45, 2.75) is 33.1 Å². The number of carbonyl (C=O) groups is 1. The summed E-state index contributed by atoms with van der Waals surface area (Å²) in [4.78, 5) is 29.7. The number of hydrogen-bond donors (Lipinski definition) is 2. The van der Waals surface area contributed by atoms with Crippen LogP contribution in [0.1, 0.15) is 31.9 Å². The molecule has 2 rings (SSSR count). The molecule has 6 heteroatoms. The van der Waals surface area contributed by atoms with Crippen LogP contribution in [0.25, 0.3) is 0 Å². The zero-order chi connectivity index (χ0) is 13.5. The third kappa shape index (κ3) is 4.57. The van der Waals surface area contributed by atoms with Crippen molar-refractivity contribution < 1.29 is 9.90 Å². The Kier molecular flexibility index (Phi) is 5.35. The van der Waals surface area contributed by atoms with Gasteiger partial charge < -0.3 is 10.0 Å². The van der Waals surface area contributed by atoms with Gasteiger partial charge in [0, 0.05) is 31.3 Å². The minimum absolute atomic E-state index is 0.0607. The highest BCUT2D eigenvalue weighted by molar-refractivity contribution is 5.66. The number of carboxylic acids is 1. The van der Waals surface area contributed by atoms with Crippen LogP contribution >= 0.6 is 0 Å². The van der Waals surface area contributed by atoms with Crippen LogP contribution in [0.2, 0.25) is 0 Å². The van der Waals surface area contributed by atoms with E-state index < -0.39 is 5.97 Å². The molecule has 1 saturated heterocycles. The first-order valence-electron chi connectivity index (χ1n) is 6.07. The molecule has 0 amide bonds. The highest BCUT2D eigenvalue weighted by Gasteiger charge is 2.14. The number of nitrogens with zero attached hydrogens (tertiary/aromatic N) is 2. The molecule has 0 radical (unpaired) electrons. The van der Waals surface area contributed by atoms with Crippen molar-refractivity contribution in [3.8, 4) is 0 Å². The molecule has 18 heavy (non-hydrogen) atoms. The highest BCUT2D eigenvalue weighted by atomic mass is 16.4. The zero-order valence-corrected chi connectivity index (χ0v) is 10.8. The maximum atomic E-state index is 11.1. The zero-order valence-electron chi connectivity index (χ0n) is 10.8. The lowest BCUT2D eigenvalue weighted by Gasteiger charge is -2.15. The molecule has 0 spiro atoms. The quantitative estimate of drug-likeness (QED) is 0.826. The molecule has 2 N–H and O–H groups in total. The van der Waals surface area contributed by atoms with Crippen molar-refractivity contribution in [2.24, 2.45) is 0 Å². The van der Waals surface area contributed by atoms with E-state index in [1.165, 1.54) is 18.9 Å². The van der Waals surface area contributed by atoms with Crippen LogP contribution in [-0.2, 0) is 4.79 Å². The number of rotatable bonds is 2. The highest BCUT2D eigenvalue weighted by Crippen LogP contribution is 2.13. The van der Waals surface area contributed by atoms with Crippen molar-refractivity contribution in [1.82, 2.24) is 9.97 Å². The summed E-state index contributed by atoms with van der Waals surface area (Å²) in [6.45, 7) is 5.45. The molecular formula is C12H19N3O3. The van der Waals surface area contributed by atoms with E-state index in [0.717, 1.165) is 24.7 Å². The van der Waals surface area contributed by atoms with Crippen LogP contribution < -0.4 is 10.5 Å². The average Bonchev–Trinajstić information content (AvgIpc) is 2.82. The van der Waals surface area contributed by atoms with Gasteiger partial charge in [-0.3, -0.25) is 14.6 Å². The van der Waals surface area contributed by atoms with Gasteiger partial charge in [0.2, 0.25) is 5.95 Å². The third-order valence-corrected chi connectivity index (χ3v) is 2.57. The van der Waals surface area contributed by atoms with Crippen LogP contribution in [0.15, 0.2) is 10.9 Å². The number of aryl methyl sites for hydroxylation is 1. The molecule has 1 aromatic rings. The summed E-state index contributed by atoms with van der Waals surface area (Å²) >= 11 is 0. The summed E-state index contributed by atoms with van der Waals surface area (Å²) < 4.78 is 0. The Morgan fingerprint density at radius 3 is 2.50 bits per heavy atom. The topological polar surface area (TPSA) is 86.3 Å². The van der Waals surface area contributed by atoms with Crippen LogP contribution in [0.4, 0.5) is 5.95 Å². The van der Waals surface area contributed by atoms with Gasteiger partial charge in [-0.25, -0.2) is 4.98 Å². The second-order valence-electron chi connectivity index (χ2n) is 4.15. The number of H-pyrrole nitrogens is 1. The van der Waals surface area contributed by atoms with Crippen LogP contribution in [-0.4, -0.2) is 34.1 Å². The molecule has 1 aliphatic heterocycles. The second-order valence-corrected chi connectivity index (χ2v) is 4.15. The molecule has 1 fully saturated rings. The summed E-state index contributed by atoms with van der Waals surface area (Å²) in [7, 11) is 0. The molecule has 6 nitrogen and oxygen atoms in total. The third-order valence-electron chi connectivity index (χ3n) is 2.57. The minimum Gasteiger partial charge on any atom is -0.481 e. The first-order chi connectivity index (χ1) is 8.52. The molecule has 100 valence electrons. The first-order valence-corrected chi connectivity index (χ1v) is 6.07. The van der Waals surface area contributed by atoms with Crippen LogP contribution in [0.5, 0.6) is 0 Å². The second kappa shape index (κ2) is 6.78. The minimum atomic E-state index is -0.745. The molecule has 2 heterocycles. The van der Waals surface area contributed by atoms with E-state index >= 15 is 0 Å². The lowest BCUT2D eigenvalue weighted by Crippen LogP contribution is -2.23. The summed E-state index contributed by atoms with van der Waals surface area (Å²) in [6, 6.07) is 1.51. The van der Waals surface area contributed by atoms with Crippen molar-refractivity contribution in [3.63, 3.8) is 0 Å². The Bertz CT molecular complexity index is 450. The van der Waals surface area contributed by atoms with Gasteiger partial charge in [-0.2, -0.15) is 0 Å². The largest absolute Gasteiger partial charge is 0.481 e. The monoisotopic (exact) mass is 253 g/mol. The average molecular weight is 253 g/mol. The fraction of sp³-hybridized carbons (Fsp3) is 0.583. The van der Waals surface area contributed by atoms with E-state index in [4.69, 9.17) is 5.11 Å². The summed E-state index contributed by atoms with van der Waals surface area (Å²) in [5.41, 5.74) is 0.722. The molecule has 1 aromatic heterocycles. The van der Waals surface area contributed by atoms with Gasteiger partial charge in [0.05, 0.1) is 0 Å². The Balaban J connectivity index is 0.000000280. The molecule has 0 bridgehead atoms. The predicted molar refractivity (Wildman–Crippen MR) is 69.0 cm³/mol. The van der Waals surface area contributed by atoms with E-state index in [1.54, 1.807) is 6.92 Å². The maximum absolute atomic E-state index is 11.1. The Hall–Kier alpha value is -1.85. The molecule has 0 aromatic carbocycles. The van der Waals surface area contributed by atoms with Gasteiger partial charge in [-0.1, -0.05) is 6.92 Å². The van der Waals surface area contributed by atoms with E-state index in [1.807, 2.05) is 6.92 Å². The fourth-order valence-corrected chi connectivity index (χ4v) is 1.64. The van der Waals surface area contributed by atoms with Crippen molar-refractivity contribution in [1.29, 1.82) is 0 Å². The predicted octanol–water partition coefficient (Wildman–Crippen LogP) is 1.16. The van der Waals surface area contributed by atoms with E-state index in [0.29, 0.717) is 0 Å². The lowest BCUT2D eigenvalue weighted by molar-refractivity contribution is -0.136. The maximum Gasteiger partial charge on any atom is 0.303 e. The lowest BCUT2D eigenvalue weighted by atomic mass is 10.4. The van der Waals surface area contributed by atoms with E-state index in [2.05, 4.69) is 14.9 Å². The van der Waals surface area contributed by atoms with Crippen LogP contribution in [0, 0.1) is 6.92 Å². The van der Waals surface area contributed by atoms with E-state index in [-0.39, 0.29) is 12.0 Å². The Morgan fingerprint density at radius 2 is 2.06 bits per heavy atom. The Labute approximate surface area is 106 Å². The molecule has 0 atom stereocenters.